The summed E-state index contributed by atoms with van der Waals surface area (Å²) in [6.45, 7) is 10.9. The van der Waals surface area contributed by atoms with Gasteiger partial charge in [-0.05, 0) is 26.3 Å². The SMILES string of the molecule is Cc1nn(C)c(Cn2ncc(CNCC(C)C)c2C)c1Cl. The van der Waals surface area contributed by atoms with Crippen LogP contribution in [0.2, 0.25) is 5.02 Å². The van der Waals surface area contributed by atoms with Gasteiger partial charge in [-0.15, -0.1) is 0 Å². The van der Waals surface area contributed by atoms with Crippen LogP contribution in [0.5, 0.6) is 0 Å². The Kier molecular flexibility index (Phi) is 5.06. The zero-order valence-electron chi connectivity index (χ0n) is 13.4. The molecule has 0 aromatic carbocycles. The van der Waals surface area contributed by atoms with Crippen molar-refractivity contribution in [2.45, 2.75) is 40.8 Å². The number of aromatic nitrogens is 4. The molecule has 0 fully saturated rings. The van der Waals surface area contributed by atoms with Crippen molar-refractivity contribution in [3.8, 4) is 0 Å². The minimum Gasteiger partial charge on any atom is -0.312 e. The predicted octanol–water partition coefficient (Wildman–Crippen LogP) is 2.68. The van der Waals surface area contributed by atoms with Crippen LogP contribution in [0.15, 0.2) is 6.20 Å². The van der Waals surface area contributed by atoms with Gasteiger partial charge in [-0.25, -0.2) is 0 Å². The largest absolute Gasteiger partial charge is 0.312 e. The molecule has 0 bridgehead atoms. The lowest BCUT2D eigenvalue weighted by Gasteiger charge is -2.08. The van der Waals surface area contributed by atoms with Crippen LogP contribution >= 0.6 is 11.6 Å². The van der Waals surface area contributed by atoms with Gasteiger partial charge in [0.05, 0.1) is 29.2 Å². The van der Waals surface area contributed by atoms with Crippen molar-refractivity contribution >= 4 is 11.6 Å². The first-order valence-electron chi connectivity index (χ1n) is 7.30. The molecule has 0 spiro atoms. The van der Waals surface area contributed by atoms with Gasteiger partial charge >= 0.3 is 0 Å². The number of halogens is 1. The fourth-order valence-electron chi connectivity index (χ4n) is 2.31. The minimum atomic E-state index is 0.645. The maximum atomic E-state index is 6.30. The number of rotatable bonds is 6. The summed E-state index contributed by atoms with van der Waals surface area (Å²) < 4.78 is 3.81. The molecule has 2 aromatic rings. The highest BCUT2D eigenvalue weighted by molar-refractivity contribution is 6.31. The van der Waals surface area contributed by atoms with E-state index in [9.17, 15) is 0 Å². The summed E-state index contributed by atoms with van der Waals surface area (Å²) in [5.41, 5.74) is 4.24. The third-order valence-electron chi connectivity index (χ3n) is 3.63. The second kappa shape index (κ2) is 6.62. The standard InChI is InChI=1S/C15H24ClN5/c1-10(2)6-17-7-13-8-18-21(12(13)4)9-14-15(16)11(3)19-20(14)5/h8,10,17H,6-7,9H2,1-5H3. The molecule has 21 heavy (non-hydrogen) atoms. The van der Waals surface area contributed by atoms with Crippen molar-refractivity contribution in [2.75, 3.05) is 6.54 Å². The number of nitrogens with one attached hydrogen (secondary N) is 1. The van der Waals surface area contributed by atoms with Crippen LogP contribution in [0.4, 0.5) is 0 Å². The molecule has 2 heterocycles. The molecule has 0 aliphatic carbocycles. The molecule has 0 aliphatic heterocycles. The zero-order chi connectivity index (χ0) is 15.6. The van der Waals surface area contributed by atoms with Crippen LogP contribution in [0, 0.1) is 19.8 Å². The normalized spacial score (nSPS) is 11.6. The van der Waals surface area contributed by atoms with Crippen molar-refractivity contribution in [3.63, 3.8) is 0 Å². The highest BCUT2D eigenvalue weighted by Crippen LogP contribution is 2.21. The Morgan fingerprint density at radius 1 is 1.33 bits per heavy atom. The molecule has 2 aromatic heterocycles. The van der Waals surface area contributed by atoms with E-state index in [2.05, 4.69) is 36.3 Å². The van der Waals surface area contributed by atoms with Crippen molar-refractivity contribution in [3.05, 3.63) is 33.9 Å². The molecule has 0 atom stereocenters. The number of hydrogen-bond acceptors (Lipinski definition) is 3. The summed E-state index contributed by atoms with van der Waals surface area (Å²) in [5.74, 6) is 0.650. The van der Waals surface area contributed by atoms with E-state index in [1.54, 1.807) is 0 Å². The van der Waals surface area contributed by atoms with Gasteiger partial charge in [0.1, 0.15) is 0 Å². The maximum absolute atomic E-state index is 6.30. The number of hydrogen-bond donors (Lipinski definition) is 1. The summed E-state index contributed by atoms with van der Waals surface area (Å²) in [6.07, 6.45) is 1.93. The molecule has 0 unspecified atom stereocenters. The molecular weight excluding hydrogens is 286 g/mol. The van der Waals surface area contributed by atoms with Gasteiger partial charge in [0.2, 0.25) is 0 Å². The molecule has 0 saturated carbocycles. The van der Waals surface area contributed by atoms with Crippen molar-refractivity contribution < 1.29 is 0 Å². The van der Waals surface area contributed by atoms with Gasteiger partial charge in [0.15, 0.2) is 0 Å². The molecule has 116 valence electrons. The summed E-state index contributed by atoms with van der Waals surface area (Å²) in [5, 5.41) is 13.0. The maximum Gasteiger partial charge on any atom is 0.0866 e. The van der Waals surface area contributed by atoms with E-state index in [0.29, 0.717) is 12.5 Å². The monoisotopic (exact) mass is 309 g/mol. The highest BCUT2D eigenvalue weighted by atomic mass is 35.5. The van der Waals surface area contributed by atoms with E-state index in [0.717, 1.165) is 29.5 Å². The smallest absolute Gasteiger partial charge is 0.0866 e. The van der Waals surface area contributed by atoms with Gasteiger partial charge in [-0.1, -0.05) is 25.4 Å². The molecule has 2 rings (SSSR count). The Hall–Kier alpha value is -1.33. The molecular formula is C15H24ClN5. The van der Waals surface area contributed by atoms with Crippen LogP contribution in [0.25, 0.3) is 0 Å². The Morgan fingerprint density at radius 2 is 2.05 bits per heavy atom. The van der Waals surface area contributed by atoms with E-state index < -0.39 is 0 Å². The third-order valence-corrected chi connectivity index (χ3v) is 4.13. The first-order valence-corrected chi connectivity index (χ1v) is 7.68. The topological polar surface area (TPSA) is 47.7 Å². The Labute approximate surface area is 131 Å². The summed E-state index contributed by atoms with van der Waals surface area (Å²) in [6, 6.07) is 0. The van der Waals surface area contributed by atoms with E-state index in [1.165, 1.54) is 11.3 Å². The number of nitrogens with zero attached hydrogens (tertiary/aromatic N) is 4. The molecule has 6 heteroatoms. The highest BCUT2D eigenvalue weighted by Gasteiger charge is 2.14. The fourth-order valence-corrected chi connectivity index (χ4v) is 2.53. The first-order chi connectivity index (χ1) is 9.90. The van der Waals surface area contributed by atoms with Crippen LogP contribution in [0.3, 0.4) is 0 Å². The quantitative estimate of drug-likeness (QED) is 0.892. The Bertz CT molecular complexity index is 612. The van der Waals surface area contributed by atoms with E-state index in [-0.39, 0.29) is 0 Å². The average Bonchev–Trinajstić information content (AvgIpc) is 2.86. The summed E-state index contributed by atoms with van der Waals surface area (Å²) in [4.78, 5) is 0. The van der Waals surface area contributed by atoms with Gasteiger partial charge in [-0.2, -0.15) is 10.2 Å². The van der Waals surface area contributed by atoms with E-state index in [1.807, 2.05) is 29.5 Å². The summed E-state index contributed by atoms with van der Waals surface area (Å²) in [7, 11) is 1.91. The Morgan fingerprint density at radius 3 is 2.62 bits per heavy atom. The molecule has 0 saturated heterocycles. The van der Waals surface area contributed by atoms with Crippen molar-refractivity contribution in [2.24, 2.45) is 13.0 Å². The summed E-state index contributed by atoms with van der Waals surface area (Å²) >= 11 is 6.30. The minimum absolute atomic E-state index is 0.645. The molecule has 1 N–H and O–H groups in total. The van der Waals surface area contributed by atoms with Crippen LogP contribution in [0.1, 0.15) is 36.5 Å². The second-order valence-electron chi connectivity index (χ2n) is 5.91. The van der Waals surface area contributed by atoms with Crippen LogP contribution in [-0.4, -0.2) is 26.1 Å². The lowest BCUT2D eigenvalue weighted by atomic mass is 10.2. The van der Waals surface area contributed by atoms with Gasteiger partial charge in [-0.3, -0.25) is 9.36 Å². The fraction of sp³-hybridized carbons (Fsp3) is 0.600. The van der Waals surface area contributed by atoms with Crippen molar-refractivity contribution in [1.82, 2.24) is 24.9 Å². The van der Waals surface area contributed by atoms with Crippen LogP contribution in [-0.2, 0) is 20.1 Å². The van der Waals surface area contributed by atoms with Gasteiger partial charge in [0, 0.05) is 24.8 Å². The molecule has 0 amide bonds. The average molecular weight is 310 g/mol. The van der Waals surface area contributed by atoms with Gasteiger partial charge in [0.25, 0.3) is 0 Å². The Balaban J connectivity index is 2.10. The second-order valence-corrected chi connectivity index (χ2v) is 6.29. The third kappa shape index (κ3) is 3.66. The predicted molar refractivity (Wildman–Crippen MR) is 85.6 cm³/mol. The van der Waals surface area contributed by atoms with E-state index >= 15 is 0 Å². The number of aryl methyl sites for hydroxylation is 2. The lowest BCUT2D eigenvalue weighted by molar-refractivity contribution is 0.550. The van der Waals surface area contributed by atoms with Crippen LogP contribution < -0.4 is 5.32 Å². The molecule has 0 radical (unpaired) electrons. The zero-order valence-corrected chi connectivity index (χ0v) is 14.2. The molecule has 5 nitrogen and oxygen atoms in total. The first kappa shape index (κ1) is 16.0. The lowest BCUT2D eigenvalue weighted by Crippen LogP contribution is -2.19. The van der Waals surface area contributed by atoms with Crippen molar-refractivity contribution in [1.29, 1.82) is 0 Å². The van der Waals surface area contributed by atoms with Gasteiger partial charge < -0.3 is 5.32 Å². The van der Waals surface area contributed by atoms with E-state index in [4.69, 9.17) is 11.6 Å². The molecule has 0 aliphatic rings.